The van der Waals surface area contributed by atoms with Crippen molar-refractivity contribution in [2.75, 3.05) is 13.2 Å². The molecular weight excluding hydrogens is 368 g/mol. The van der Waals surface area contributed by atoms with Crippen molar-refractivity contribution < 1.29 is 19.0 Å². The Morgan fingerprint density at radius 2 is 1.97 bits per heavy atom. The fourth-order valence-corrected chi connectivity index (χ4v) is 3.00. The lowest BCUT2D eigenvalue weighted by atomic mass is 10.00. The molecule has 2 aromatic rings. The van der Waals surface area contributed by atoms with Gasteiger partial charge in [-0.3, -0.25) is 4.98 Å². The Morgan fingerprint density at radius 3 is 2.66 bits per heavy atom. The van der Waals surface area contributed by atoms with Crippen LogP contribution < -0.4 is 9.47 Å². The van der Waals surface area contributed by atoms with Gasteiger partial charge in [0.05, 0.1) is 11.9 Å². The molecule has 1 aliphatic heterocycles. The Morgan fingerprint density at radius 1 is 1.17 bits per heavy atom. The maximum absolute atomic E-state index is 12.4. The number of hydrogen-bond acceptors (Lipinski definition) is 5. The number of nitrogens with zero attached hydrogens (tertiary/aromatic N) is 2. The summed E-state index contributed by atoms with van der Waals surface area (Å²) >= 11 is 0. The SMILES string of the molecule is C=CCOc1ccc(COc2ccc3c(c2)CN(C(=O)OC(C)(C)C)CC3)nc1. The van der Waals surface area contributed by atoms with E-state index in [1.54, 1.807) is 17.2 Å². The molecule has 6 heteroatoms. The molecule has 6 nitrogen and oxygen atoms in total. The smallest absolute Gasteiger partial charge is 0.410 e. The summed E-state index contributed by atoms with van der Waals surface area (Å²) in [6.07, 6.45) is 3.89. The molecular formula is C23H28N2O4. The molecule has 0 saturated carbocycles. The summed E-state index contributed by atoms with van der Waals surface area (Å²) in [5, 5.41) is 0. The maximum Gasteiger partial charge on any atom is 0.410 e. The minimum Gasteiger partial charge on any atom is -0.488 e. The number of amides is 1. The van der Waals surface area contributed by atoms with Gasteiger partial charge in [0.2, 0.25) is 0 Å². The van der Waals surface area contributed by atoms with Gasteiger partial charge in [0.1, 0.15) is 30.3 Å². The molecule has 1 amide bonds. The van der Waals surface area contributed by atoms with Gasteiger partial charge in [-0.2, -0.15) is 0 Å². The minimum absolute atomic E-state index is 0.280. The second-order valence-corrected chi connectivity index (χ2v) is 7.96. The van der Waals surface area contributed by atoms with Gasteiger partial charge in [-0.05, 0) is 62.6 Å². The van der Waals surface area contributed by atoms with Crippen LogP contribution in [-0.2, 0) is 24.3 Å². The quantitative estimate of drug-likeness (QED) is 0.672. The maximum atomic E-state index is 12.4. The van der Waals surface area contributed by atoms with E-state index in [4.69, 9.17) is 14.2 Å². The lowest BCUT2D eigenvalue weighted by Crippen LogP contribution is -2.39. The van der Waals surface area contributed by atoms with E-state index in [0.717, 1.165) is 23.4 Å². The summed E-state index contributed by atoms with van der Waals surface area (Å²) in [5.74, 6) is 1.45. The van der Waals surface area contributed by atoms with E-state index in [1.807, 2.05) is 45.0 Å². The average Bonchev–Trinajstić information content (AvgIpc) is 2.69. The van der Waals surface area contributed by atoms with Crippen molar-refractivity contribution in [1.82, 2.24) is 9.88 Å². The van der Waals surface area contributed by atoms with E-state index >= 15 is 0 Å². The standard InChI is InChI=1S/C23H28N2O4/c1-5-12-27-21-9-7-19(24-14-21)16-28-20-8-6-17-10-11-25(15-18(17)13-20)22(26)29-23(2,3)4/h5-9,13-14H,1,10-12,15-16H2,2-4H3. The highest BCUT2D eigenvalue weighted by atomic mass is 16.6. The molecule has 1 aromatic carbocycles. The molecule has 1 aromatic heterocycles. The number of hydrogen-bond donors (Lipinski definition) is 0. The molecule has 0 atom stereocenters. The second kappa shape index (κ2) is 8.99. The van der Waals surface area contributed by atoms with Crippen LogP contribution in [0.5, 0.6) is 11.5 Å². The van der Waals surface area contributed by atoms with Gasteiger partial charge in [-0.15, -0.1) is 0 Å². The number of carbonyl (C=O) groups excluding carboxylic acids is 1. The number of carbonyl (C=O) groups is 1. The van der Waals surface area contributed by atoms with Crippen LogP contribution in [0, 0.1) is 0 Å². The van der Waals surface area contributed by atoms with Gasteiger partial charge >= 0.3 is 6.09 Å². The van der Waals surface area contributed by atoms with E-state index in [0.29, 0.717) is 32.1 Å². The van der Waals surface area contributed by atoms with Crippen molar-refractivity contribution in [2.45, 2.75) is 45.9 Å². The number of aromatic nitrogens is 1. The number of rotatable bonds is 6. The summed E-state index contributed by atoms with van der Waals surface area (Å²) < 4.78 is 16.8. The lowest BCUT2D eigenvalue weighted by molar-refractivity contribution is 0.0223. The van der Waals surface area contributed by atoms with Gasteiger partial charge in [-0.1, -0.05) is 18.7 Å². The average molecular weight is 396 g/mol. The van der Waals surface area contributed by atoms with Crippen molar-refractivity contribution in [3.8, 4) is 11.5 Å². The Hall–Kier alpha value is -3.02. The van der Waals surface area contributed by atoms with Crippen molar-refractivity contribution in [3.05, 3.63) is 66.0 Å². The van der Waals surface area contributed by atoms with Gasteiger partial charge < -0.3 is 19.1 Å². The highest BCUT2D eigenvalue weighted by Gasteiger charge is 2.25. The highest BCUT2D eigenvalue weighted by Crippen LogP contribution is 2.25. The lowest BCUT2D eigenvalue weighted by Gasteiger charge is -2.31. The topological polar surface area (TPSA) is 60.9 Å². The van der Waals surface area contributed by atoms with Crippen molar-refractivity contribution in [1.29, 1.82) is 0 Å². The molecule has 29 heavy (non-hydrogen) atoms. The molecule has 154 valence electrons. The summed E-state index contributed by atoms with van der Waals surface area (Å²) in [6.45, 7) is 11.2. The Labute approximate surface area is 172 Å². The summed E-state index contributed by atoms with van der Waals surface area (Å²) in [6, 6.07) is 9.76. The zero-order valence-corrected chi connectivity index (χ0v) is 17.3. The van der Waals surface area contributed by atoms with E-state index < -0.39 is 5.60 Å². The predicted octanol–water partition coefficient (Wildman–Crippen LogP) is 4.52. The monoisotopic (exact) mass is 396 g/mol. The van der Waals surface area contributed by atoms with Gasteiger partial charge in [0, 0.05) is 13.1 Å². The normalized spacial score (nSPS) is 13.4. The fraction of sp³-hybridized carbons (Fsp3) is 0.391. The first-order valence-corrected chi connectivity index (χ1v) is 9.75. The zero-order valence-electron chi connectivity index (χ0n) is 17.3. The molecule has 0 unspecified atom stereocenters. The fourth-order valence-electron chi connectivity index (χ4n) is 3.00. The van der Waals surface area contributed by atoms with E-state index in [9.17, 15) is 4.79 Å². The molecule has 0 aliphatic carbocycles. The van der Waals surface area contributed by atoms with Crippen LogP contribution in [0.25, 0.3) is 0 Å². The van der Waals surface area contributed by atoms with Crippen molar-refractivity contribution in [2.24, 2.45) is 0 Å². The van der Waals surface area contributed by atoms with Gasteiger partial charge in [0.25, 0.3) is 0 Å². The molecule has 0 spiro atoms. The third kappa shape index (κ3) is 5.98. The summed E-state index contributed by atoms with van der Waals surface area (Å²) in [7, 11) is 0. The van der Waals surface area contributed by atoms with Crippen LogP contribution in [-0.4, -0.2) is 34.7 Å². The largest absolute Gasteiger partial charge is 0.488 e. The summed E-state index contributed by atoms with van der Waals surface area (Å²) in [5.41, 5.74) is 2.63. The number of fused-ring (bicyclic) bond motifs is 1. The third-order valence-electron chi connectivity index (χ3n) is 4.39. The molecule has 0 bridgehead atoms. The Balaban J connectivity index is 1.59. The molecule has 0 saturated heterocycles. The second-order valence-electron chi connectivity index (χ2n) is 7.96. The van der Waals surface area contributed by atoms with Crippen LogP contribution >= 0.6 is 0 Å². The van der Waals surface area contributed by atoms with Crippen LogP contribution in [0.1, 0.15) is 37.6 Å². The number of pyridine rings is 1. The first kappa shape index (κ1) is 20.7. The number of ether oxygens (including phenoxy) is 3. The minimum atomic E-state index is -0.498. The van der Waals surface area contributed by atoms with Crippen molar-refractivity contribution >= 4 is 6.09 Å². The van der Waals surface area contributed by atoms with Crippen LogP contribution in [0.4, 0.5) is 4.79 Å². The summed E-state index contributed by atoms with van der Waals surface area (Å²) in [4.78, 5) is 18.4. The third-order valence-corrected chi connectivity index (χ3v) is 4.39. The zero-order chi connectivity index (χ0) is 20.9. The Kier molecular flexibility index (Phi) is 6.42. The molecule has 0 fully saturated rings. The van der Waals surface area contributed by atoms with Crippen LogP contribution in [0.2, 0.25) is 0 Å². The molecule has 0 radical (unpaired) electrons. The van der Waals surface area contributed by atoms with Crippen LogP contribution in [0.3, 0.4) is 0 Å². The van der Waals surface area contributed by atoms with E-state index in [-0.39, 0.29) is 6.09 Å². The van der Waals surface area contributed by atoms with E-state index in [2.05, 4.69) is 17.6 Å². The van der Waals surface area contributed by atoms with Gasteiger partial charge in [-0.25, -0.2) is 4.79 Å². The number of benzene rings is 1. The molecule has 2 heterocycles. The molecule has 1 aliphatic rings. The van der Waals surface area contributed by atoms with Gasteiger partial charge in [0.15, 0.2) is 0 Å². The predicted molar refractivity (Wildman–Crippen MR) is 111 cm³/mol. The molecule has 3 rings (SSSR count). The Bertz CT molecular complexity index is 856. The highest BCUT2D eigenvalue weighted by molar-refractivity contribution is 5.68. The van der Waals surface area contributed by atoms with Crippen molar-refractivity contribution in [3.63, 3.8) is 0 Å². The van der Waals surface area contributed by atoms with Crippen LogP contribution in [0.15, 0.2) is 49.2 Å². The first-order valence-electron chi connectivity index (χ1n) is 9.75. The first-order chi connectivity index (χ1) is 13.8. The van der Waals surface area contributed by atoms with E-state index in [1.165, 1.54) is 5.56 Å². The molecule has 0 N–H and O–H groups in total.